The molecule has 0 radical (unpaired) electrons. The van der Waals surface area contributed by atoms with Crippen molar-refractivity contribution in [2.45, 2.75) is 18.7 Å². The predicted molar refractivity (Wildman–Crippen MR) is 111 cm³/mol. The molecule has 1 aliphatic heterocycles. The van der Waals surface area contributed by atoms with Crippen molar-refractivity contribution in [2.75, 3.05) is 25.1 Å². The van der Waals surface area contributed by atoms with Gasteiger partial charge in [-0.1, -0.05) is 0 Å². The SMILES string of the molecule is COC1CC(/C(C=N)=C/N)CN(c2ccnc(-c3cnc4cnc(C(F)(F)F)cn34)n2)C1. The maximum atomic E-state index is 13.1. The first-order valence-corrected chi connectivity index (χ1v) is 9.77. The summed E-state index contributed by atoms with van der Waals surface area (Å²) in [6.45, 7) is 1.12. The van der Waals surface area contributed by atoms with Gasteiger partial charge in [-0.3, -0.25) is 4.40 Å². The van der Waals surface area contributed by atoms with E-state index in [0.717, 1.165) is 12.4 Å². The number of hydrogen-bond acceptors (Lipinski definition) is 8. The Kier molecular flexibility index (Phi) is 5.78. The monoisotopic (exact) mass is 446 g/mol. The number of hydrogen-bond donors (Lipinski definition) is 2. The number of nitrogens with two attached hydrogens (primary N) is 1. The highest BCUT2D eigenvalue weighted by atomic mass is 19.4. The zero-order valence-corrected chi connectivity index (χ0v) is 17.1. The zero-order valence-electron chi connectivity index (χ0n) is 17.1. The number of nitrogens with zero attached hydrogens (tertiary/aromatic N) is 6. The molecule has 2 atom stereocenters. The van der Waals surface area contributed by atoms with E-state index in [4.69, 9.17) is 15.9 Å². The largest absolute Gasteiger partial charge is 0.434 e. The first kappa shape index (κ1) is 21.7. The Morgan fingerprint density at radius 2 is 2.06 bits per heavy atom. The van der Waals surface area contributed by atoms with Crippen molar-refractivity contribution in [1.29, 1.82) is 5.41 Å². The topological polar surface area (TPSA) is 118 Å². The van der Waals surface area contributed by atoms with E-state index >= 15 is 0 Å². The lowest BCUT2D eigenvalue weighted by Gasteiger charge is -2.38. The minimum absolute atomic E-state index is 0.0224. The standard InChI is InChI=1S/C20H21F3N8O/c1-32-14-4-12(13(5-24)6-25)9-30(10-14)17-2-3-26-19(29-17)15-7-28-18-8-27-16(11-31(15)18)20(21,22)23/h2-3,5-8,11-12,14,24H,4,9-10,25H2,1H3/b13-6+,24-5?. The van der Waals surface area contributed by atoms with Crippen molar-refractivity contribution < 1.29 is 17.9 Å². The smallest absolute Gasteiger partial charge is 0.404 e. The second-order valence-electron chi connectivity index (χ2n) is 7.39. The minimum Gasteiger partial charge on any atom is -0.404 e. The van der Waals surface area contributed by atoms with Gasteiger partial charge in [0, 0.05) is 44.7 Å². The number of methoxy groups -OCH3 is 1. The van der Waals surface area contributed by atoms with Crippen LogP contribution >= 0.6 is 0 Å². The molecular formula is C20H21F3N8O. The number of nitrogens with one attached hydrogen (secondary N) is 1. The Hall–Kier alpha value is -3.54. The molecule has 4 rings (SSSR count). The maximum Gasteiger partial charge on any atom is 0.434 e. The molecule has 9 nitrogen and oxygen atoms in total. The summed E-state index contributed by atoms with van der Waals surface area (Å²) >= 11 is 0. The van der Waals surface area contributed by atoms with Crippen molar-refractivity contribution in [2.24, 2.45) is 11.7 Å². The summed E-state index contributed by atoms with van der Waals surface area (Å²) in [7, 11) is 1.62. The highest BCUT2D eigenvalue weighted by Crippen LogP contribution is 2.30. The van der Waals surface area contributed by atoms with Crippen LogP contribution in [0, 0.1) is 11.3 Å². The van der Waals surface area contributed by atoms with Gasteiger partial charge in [0.25, 0.3) is 0 Å². The molecule has 0 aliphatic carbocycles. The van der Waals surface area contributed by atoms with Gasteiger partial charge in [-0.15, -0.1) is 0 Å². The molecule has 2 unspecified atom stereocenters. The van der Waals surface area contributed by atoms with Gasteiger partial charge in [0.15, 0.2) is 17.2 Å². The fourth-order valence-electron chi connectivity index (χ4n) is 3.80. The van der Waals surface area contributed by atoms with Crippen LogP contribution in [0.4, 0.5) is 19.0 Å². The van der Waals surface area contributed by atoms with Crippen molar-refractivity contribution in [3.63, 3.8) is 0 Å². The van der Waals surface area contributed by atoms with Gasteiger partial charge >= 0.3 is 6.18 Å². The number of anilines is 1. The molecule has 4 heterocycles. The molecule has 1 aliphatic rings. The van der Waals surface area contributed by atoms with Gasteiger partial charge in [0.2, 0.25) is 0 Å². The molecule has 32 heavy (non-hydrogen) atoms. The molecule has 0 aromatic carbocycles. The molecule has 3 N–H and O–H groups in total. The Labute approximate surface area is 181 Å². The summed E-state index contributed by atoms with van der Waals surface area (Å²) in [5.74, 6) is 0.793. The van der Waals surface area contributed by atoms with Crippen LogP contribution in [-0.2, 0) is 10.9 Å². The van der Waals surface area contributed by atoms with Crippen molar-refractivity contribution in [1.82, 2.24) is 24.3 Å². The van der Waals surface area contributed by atoms with Crippen LogP contribution in [0.2, 0.25) is 0 Å². The molecule has 0 saturated carbocycles. The minimum atomic E-state index is -4.58. The Balaban J connectivity index is 1.70. The quantitative estimate of drug-likeness (QED) is 0.578. The number of imidazole rings is 1. The van der Waals surface area contributed by atoms with Gasteiger partial charge in [-0.2, -0.15) is 13.2 Å². The van der Waals surface area contributed by atoms with Crippen molar-refractivity contribution >= 4 is 17.7 Å². The van der Waals surface area contributed by atoms with Crippen LogP contribution in [0.15, 0.2) is 42.6 Å². The first-order chi connectivity index (χ1) is 15.3. The summed E-state index contributed by atoms with van der Waals surface area (Å²) < 4.78 is 46.2. The summed E-state index contributed by atoms with van der Waals surface area (Å²) in [4.78, 5) is 18.4. The van der Waals surface area contributed by atoms with Crippen molar-refractivity contribution in [3.8, 4) is 11.5 Å². The second kappa shape index (κ2) is 8.54. The summed E-state index contributed by atoms with van der Waals surface area (Å²) in [5, 5.41) is 7.60. The number of alkyl halides is 3. The third-order valence-corrected chi connectivity index (χ3v) is 5.46. The van der Waals surface area contributed by atoms with Gasteiger partial charge < -0.3 is 20.8 Å². The van der Waals surface area contributed by atoms with E-state index in [2.05, 4.69) is 19.9 Å². The van der Waals surface area contributed by atoms with E-state index in [-0.39, 0.29) is 23.5 Å². The van der Waals surface area contributed by atoms with E-state index < -0.39 is 11.9 Å². The van der Waals surface area contributed by atoms with E-state index in [1.54, 1.807) is 19.4 Å². The Morgan fingerprint density at radius 1 is 1.25 bits per heavy atom. The Morgan fingerprint density at radius 3 is 2.75 bits per heavy atom. The predicted octanol–water partition coefficient (Wildman–Crippen LogP) is 2.54. The summed E-state index contributed by atoms with van der Waals surface area (Å²) in [6.07, 6.45) is 3.59. The van der Waals surface area contributed by atoms with E-state index in [1.165, 1.54) is 23.0 Å². The van der Waals surface area contributed by atoms with Crippen LogP contribution < -0.4 is 10.6 Å². The number of fused-ring (bicyclic) bond motifs is 1. The molecule has 0 amide bonds. The van der Waals surface area contributed by atoms with Crippen LogP contribution in [0.3, 0.4) is 0 Å². The van der Waals surface area contributed by atoms with Crippen LogP contribution in [0.1, 0.15) is 12.1 Å². The fraction of sp³-hybridized carbons (Fsp3) is 0.350. The molecule has 0 bridgehead atoms. The number of aromatic nitrogens is 5. The zero-order chi connectivity index (χ0) is 22.9. The molecule has 168 valence electrons. The summed E-state index contributed by atoms with van der Waals surface area (Å²) in [6, 6.07) is 1.72. The van der Waals surface area contributed by atoms with Crippen LogP contribution in [0.5, 0.6) is 0 Å². The second-order valence-corrected chi connectivity index (χ2v) is 7.39. The average molecular weight is 446 g/mol. The van der Waals surface area contributed by atoms with Crippen LogP contribution in [-0.4, -0.2) is 56.9 Å². The van der Waals surface area contributed by atoms with Gasteiger partial charge in [0.05, 0.1) is 18.5 Å². The van der Waals surface area contributed by atoms with E-state index in [1.807, 2.05) is 4.90 Å². The lowest BCUT2D eigenvalue weighted by Crippen LogP contribution is -2.45. The van der Waals surface area contributed by atoms with Crippen molar-refractivity contribution in [3.05, 3.63) is 48.3 Å². The molecule has 0 spiro atoms. The fourth-order valence-corrected chi connectivity index (χ4v) is 3.80. The highest BCUT2D eigenvalue weighted by Gasteiger charge is 2.33. The van der Waals surface area contributed by atoms with Gasteiger partial charge in [0.1, 0.15) is 11.5 Å². The lowest BCUT2D eigenvalue weighted by atomic mass is 9.89. The van der Waals surface area contributed by atoms with Gasteiger partial charge in [-0.25, -0.2) is 19.9 Å². The maximum absolute atomic E-state index is 13.1. The van der Waals surface area contributed by atoms with E-state index in [9.17, 15) is 13.2 Å². The molecule has 3 aromatic heterocycles. The molecule has 3 aromatic rings. The van der Waals surface area contributed by atoms with E-state index in [0.29, 0.717) is 36.6 Å². The third-order valence-electron chi connectivity index (χ3n) is 5.46. The molecular weight excluding hydrogens is 425 g/mol. The third kappa shape index (κ3) is 4.13. The number of piperidine rings is 1. The summed E-state index contributed by atoms with van der Waals surface area (Å²) in [5.41, 5.74) is 5.90. The normalized spacial score (nSPS) is 20.0. The number of rotatable bonds is 5. The lowest BCUT2D eigenvalue weighted by molar-refractivity contribution is -0.141. The number of ether oxygens (including phenoxy) is 1. The highest BCUT2D eigenvalue weighted by molar-refractivity contribution is 5.76. The van der Waals surface area contributed by atoms with Gasteiger partial charge in [-0.05, 0) is 24.3 Å². The first-order valence-electron chi connectivity index (χ1n) is 9.77. The average Bonchev–Trinajstić information content (AvgIpc) is 3.22. The number of halogens is 3. The van der Waals surface area contributed by atoms with Crippen LogP contribution in [0.25, 0.3) is 17.2 Å². The molecule has 1 saturated heterocycles. The molecule has 12 heteroatoms. The molecule has 1 fully saturated rings. The Bertz CT molecular complexity index is 1160.